The predicted molar refractivity (Wildman–Crippen MR) is 92.5 cm³/mol. The third kappa shape index (κ3) is 4.54. The summed E-state index contributed by atoms with van der Waals surface area (Å²) in [6, 6.07) is 11.7. The maximum Gasteiger partial charge on any atom is 0.341 e. The predicted octanol–water partition coefficient (Wildman–Crippen LogP) is 1.38. The lowest BCUT2D eigenvalue weighted by molar-refractivity contribution is -0.384. The summed E-state index contributed by atoms with van der Waals surface area (Å²) in [4.78, 5) is 34.5. The fraction of sp³-hybridized carbons (Fsp3) is 0.176. The smallest absolute Gasteiger partial charge is 0.341 e. The van der Waals surface area contributed by atoms with Crippen LogP contribution in [0.3, 0.4) is 0 Å². The van der Waals surface area contributed by atoms with E-state index < -0.39 is 22.9 Å². The molecule has 2 aromatic carbocycles. The van der Waals surface area contributed by atoms with Gasteiger partial charge < -0.3 is 20.9 Å². The molecular weight excluding hydrogens is 342 g/mol. The highest BCUT2D eigenvalue weighted by Crippen LogP contribution is 2.26. The monoisotopic (exact) mass is 359 g/mol. The molecule has 136 valence electrons. The second-order valence-electron chi connectivity index (χ2n) is 5.24. The molecule has 2 rings (SSSR count). The number of anilines is 1. The van der Waals surface area contributed by atoms with Crippen LogP contribution in [0.1, 0.15) is 22.0 Å². The van der Waals surface area contributed by atoms with Crippen molar-refractivity contribution in [2.75, 3.05) is 18.5 Å². The van der Waals surface area contributed by atoms with Gasteiger partial charge in [-0.2, -0.15) is 0 Å². The highest BCUT2D eigenvalue weighted by molar-refractivity contribution is 5.98. The molecule has 0 aliphatic rings. The fourth-order valence-electron chi connectivity index (χ4n) is 2.25. The summed E-state index contributed by atoms with van der Waals surface area (Å²) in [5, 5.41) is 22.7. The quantitative estimate of drug-likeness (QED) is 0.367. The van der Waals surface area contributed by atoms with Crippen molar-refractivity contribution in [2.45, 2.75) is 6.10 Å². The number of hydrogen-bond donors (Lipinski definition) is 3. The molecule has 0 aliphatic carbocycles. The second-order valence-corrected chi connectivity index (χ2v) is 5.24. The average molecular weight is 359 g/mol. The average Bonchev–Trinajstić information content (AvgIpc) is 2.64. The highest BCUT2D eigenvalue weighted by atomic mass is 16.6. The molecule has 0 aromatic heterocycles. The van der Waals surface area contributed by atoms with Crippen LogP contribution in [0.2, 0.25) is 0 Å². The Balaban J connectivity index is 2.35. The molecule has 0 radical (unpaired) electrons. The third-order valence-corrected chi connectivity index (χ3v) is 3.45. The normalized spacial score (nSPS) is 11.4. The number of nitro benzene ring substituents is 1. The zero-order chi connectivity index (χ0) is 19.1. The maximum absolute atomic E-state index is 12.5. The van der Waals surface area contributed by atoms with Gasteiger partial charge in [-0.05, 0) is 6.07 Å². The van der Waals surface area contributed by atoms with Crippen LogP contribution in [0.15, 0.2) is 48.5 Å². The van der Waals surface area contributed by atoms with Crippen molar-refractivity contribution < 1.29 is 24.4 Å². The van der Waals surface area contributed by atoms with Crippen molar-refractivity contribution in [3.63, 3.8) is 0 Å². The number of nitrogens with two attached hydrogens (primary N) is 1. The minimum absolute atomic E-state index is 0.121. The molecule has 2 aromatic rings. The van der Waals surface area contributed by atoms with Gasteiger partial charge in [-0.15, -0.1) is 0 Å². The van der Waals surface area contributed by atoms with Crippen LogP contribution >= 0.6 is 0 Å². The number of hydrogen-bond acceptors (Lipinski definition) is 7. The lowest BCUT2D eigenvalue weighted by Crippen LogP contribution is -2.26. The molecule has 0 saturated carbocycles. The van der Waals surface area contributed by atoms with Crippen LogP contribution in [0, 0.1) is 10.1 Å². The number of nitro groups is 1. The molecule has 1 amide bonds. The Labute approximate surface area is 148 Å². The number of aliphatic hydroxyl groups is 1. The zero-order valence-electron chi connectivity index (χ0n) is 13.6. The molecule has 0 heterocycles. The lowest BCUT2D eigenvalue weighted by Gasteiger charge is -2.17. The van der Waals surface area contributed by atoms with Gasteiger partial charge >= 0.3 is 5.97 Å². The number of esters is 1. The number of ether oxygens (including phenoxy) is 1. The molecule has 4 N–H and O–H groups in total. The molecule has 9 heteroatoms. The Hall–Kier alpha value is -3.46. The summed E-state index contributed by atoms with van der Waals surface area (Å²) in [5.41, 5.74) is 5.46. The van der Waals surface area contributed by atoms with E-state index in [0.29, 0.717) is 5.56 Å². The summed E-state index contributed by atoms with van der Waals surface area (Å²) >= 11 is 0. The van der Waals surface area contributed by atoms with E-state index in [1.54, 1.807) is 30.3 Å². The lowest BCUT2D eigenvalue weighted by atomic mass is 10.1. The van der Waals surface area contributed by atoms with Crippen molar-refractivity contribution in [3.8, 4) is 0 Å². The first-order valence-corrected chi connectivity index (χ1v) is 7.62. The standard InChI is InChI=1S/C17H17N3O6/c18-16(22)15(11-4-2-1-3-5-11)26-17(23)13-10-12(20(24)25)6-7-14(13)19-8-9-21/h1-7,10,15,19,21H,8-9H2,(H2,18,22)/t15-/m0/s1. The zero-order valence-corrected chi connectivity index (χ0v) is 13.6. The Kier molecular flexibility index (Phi) is 6.23. The number of rotatable bonds is 8. The Bertz CT molecular complexity index is 809. The molecule has 26 heavy (non-hydrogen) atoms. The molecule has 0 saturated heterocycles. The van der Waals surface area contributed by atoms with Crippen molar-refractivity contribution in [1.29, 1.82) is 0 Å². The molecular formula is C17H17N3O6. The minimum Gasteiger partial charge on any atom is -0.444 e. The van der Waals surface area contributed by atoms with Crippen molar-refractivity contribution >= 4 is 23.3 Å². The number of amides is 1. The van der Waals surface area contributed by atoms with E-state index in [4.69, 9.17) is 15.6 Å². The topological polar surface area (TPSA) is 145 Å². The van der Waals surface area contributed by atoms with Crippen LogP contribution in [-0.2, 0) is 9.53 Å². The van der Waals surface area contributed by atoms with E-state index in [1.807, 2.05) is 0 Å². The van der Waals surface area contributed by atoms with Crippen LogP contribution in [0.5, 0.6) is 0 Å². The number of non-ortho nitro benzene ring substituents is 1. The van der Waals surface area contributed by atoms with Crippen LogP contribution in [0.4, 0.5) is 11.4 Å². The minimum atomic E-state index is -1.34. The van der Waals surface area contributed by atoms with Gasteiger partial charge in [0.15, 0.2) is 0 Å². The van der Waals surface area contributed by atoms with E-state index in [0.717, 1.165) is 6.07 Å². The van der Waals surface area contributed by atoms with Gasteiger partial charge in [-0.25, -0.2) is 4.79 Å². The van der Waals surface area contributed by atoms with E-state index >= 15 is 0 Å². The van der Waals surface area contributed by atoms with E-state index in [-0.39, 0.29) is 30.1 Å². The first-order valence-electron chi connectivity index (χ1n) is 7.62. The van der Waals surface area contributed by atoms with Crippen molar-refractivity contribution in [1.82, 2.24) is 0 Å². The number of nitrogens with zero attached hydrogens (tertiary/aromatic N) is 1. The second kappa shape index (κ2) is 8.58. The number of carbonyl (C=O) groups is 2. The number of carbonyl (C=O) groups excluding carboxylic acids is 2. The van der Waals surface area contributed by atoms with Gasteiger partial charge in [0.25, 0.3) is 11.6 Å². The number of nitrogens with one attached hydrogen (secondary N) is 1. The number of primary amides is 1. The molecule has 0 spiro atoms. The molecule has 0 bridgehead atoms. The molecule has 0 fully saturated rings. The van der Waals surface area contributed by atoms with Gasteiger partial charge in [0.1, 0.15) is 0 Å². The Morgan fingerprint density at radius 2 is 1.92 bits per heavy atom. The Morgan fingerprint density at radius 1 is 1.23 bits per heavy atom. The van der Waals surface area contributed by atoms with Crippen molar-refractivity contribution in [3.05, 3.63) is 69.8 Å². The molecule has 0 aliphatic heterocycles. The van der Waals surface area contributed by atoms with Crippen LogP contribution < -0.4 is 11.1 Å². The van der Waals surface area contributed by atoms with Crippen molar-refractivity contribution in [2.24, 2.45) is 5.73 Å². The number of benzene rings is 2. The maximum atomic E-state index is 12.5. The summed E-state index contributed by atoms with van der Waals surface area (Å²) < 4.78 is 5.20. The van der Waals surface area contributed by atoms with Gasteiger partial charge in [0.2, 0.25) is 6.10 Å². The number of aliphatic hydroxyl groups excluding tert-OH is 1. The van der Waals surface area contributed by atoms with Crippen LogP contribution in [0.25, 0.3) is 0 Å². The summed E-state index contributed by atoms with van der Waals surface area (Å²) in [6.07, 6.45) is -1.34. The van der Waals surface area contributed by atoms with Gasteiger partial charge in [-0.3, -0.25) is 14.9 Å². The van der Waals surface area contributed by atoms with E-state index in [1.165, 1.54) is 12.1 Å². The van der Waals surface area contributed by atoms with Gasteiger partial charge in [-0.1, -0.05) is 30.3 Å². The first kappa shape index (κ1) is 18.9. The molecule has 0 unspecified atom stereocenters. The molecule has 1 atom stereocenters. The third-order valence-electron chi connectivity index (χ3n) is 3.45. The summed E-state index contributed by atoms with van der Waals surface area (Å²) in [6.45, 7) is -0.0879. The van der Waals surface area contributed by atoms with Gasteiger partial charge in [0.05, 0.1) is 17.1 Å². The summed E-state index contributed by atoms with van der Waals surface area (Å²) in [7, 11) is 0. The molecule has 9 nitrogen and oxygen atoms in total. The fourth-order valence-corrected chi connectivity index (χ4v) is 2.25. The van der Waals surface area contributed by atoms with E-state index in [9.17, 15) is 19.7 Å². The van der Waals surface area contributed by atoms with E-state index in [2.05, 4.69) is 5.32 Å². The summed E-state index contributed by atoms with van der Waals surface area (Å²) in [5.74, 6) is -1.83. The first-order chi connectivity index (χ1) is 12.4. The van der Waals surface area contributed by atoms with Crippen LogP contribution in [-0.4, -0.2) is 35.1 Å². The highest BCUT2D eigenvalue weighted by Gasteiger charge is 2.26. The van der Waals surface area contributed by atoms with Gasteiger partial charge in [0, 0.05) is 29.9 Å². The largest absolute Gasteiger partial charge is 0.444 e. The SMILES string of the molecule is NC(=O)[C@@H](OC(=O)c1cc([N+](=O)[O-])ccc1NCCO)c1ccccc1. The Morgan fingerprint density at radius 3 is 2.50 bits per heavy atom.